The van der Waals surface area contributed by atoms with Crippen molar-refractivity contribution >= 4 is 33.6 Å². The van der Waals surface area contributed by atoms with E-state index in [0.29, 0.717) is 19.0 Å². The first-order valence-corrected chi connectivity index (χ1v) is 10.1. The quantitative estimate of drug-likeness (QED) is 0.315. The van der Waals surface area contributed by atoms with Crippen molar-refractivity contribution in [2.24, 2.45) is 0 Å². The molecule has 0 aliphatic carbocycles. The molecule has 0 atom stereocenters. The van der Waals surface area contributed by atoms with Crippen LogP contribution in [0.4, 0.5) is 11.8 Å². The number of hydrogen-bond acceptors (Lipinski definition) is 4. The third-order valence-electron chi connectivity index (χ3n) is 5.22. The number of nitrogens with one attached hydrogen (secondary N) is 4. The minimum absolute atomic E-state index is 0.613. The second-order valence-corrected chi connectivity index (χ2v) is 7.72. The van der Waals surface area contributed by atoms with Crippen LogP contribution in [0.5, 0.6) is 0 Å². The fourth-order valence-corrected chi connectivity index (χ4v) is 3.79. The van der Waals surface area contributed by atoms with Gasteiger partial charge in [0.1, 0.15) is 5.82 Å². The van der Waals surface area contributed by atoms with E-state index in [9.17, 15) is 0 Å². The average molecular weight is 396 g/mol. The van der Waals surface area contributed by atoms with Gasteiger partial charge in [0.2, 0.25) is 5.95 Å². The number of aromatic nitrogens is 4. The van der Waals surface area contributed by atoms with Gasteiger partial charge in [0, 0.05) is 41.7 Å². The van der Waals surface area contributed by atoms with Gasteiger partial charge in [-0.15, -0.1) is 0 Å². The zero-order chi connectivity index (χ0) is 20.5. The van der Waals surface area contributed by atoms with E-state index in [0.717, 1.165) is 16.9 Å². The molecule has 2 aromatic carbocycles. The van der Waals surface area contributed by atoms with E-state index in [1.165, 1.54) is 33.3 Å². The van der Waals surface area contributed by atoms with Crippen LogP contribution in [-0.4, -0.2) is 19.9 Å². The van der Waals surface area contributed by atoms with Crippen LogP contribution in [-0.2, 0) is 13.1 Å². The molecular weight excluding hydrogens is 372 g/mol. The summed E-state index contributed by atoms with van der Waals surface area (Å²) in [7, 11) is 0. The Hall–Kier alpha value is -3.80. The van der Waals surface area contributed by atoms with Crippen molar-refractivity contribution in [3.8, 4) is 0 Å². The van der Waals surface area contributed by atoms with Crippen LogP contribution in [0.25, 0.3) is 21.8 Å². The summed E-state index contributed by atoms with van der Waals surface area (Å²) in [5, 5.41) is 9.16. The number of nitrogens with zero attached hydrogens (tertiary/aromatic N) is 2. The lowest BCUT2D eigenvalue weighted by Crippen LogP contribution is -2.06. The minimum Gasteiger partial charge on any atom is -0.366 e. The molecule has 3 aromatic heterocycles. The smallest absolute Gasteiger partial charge is 0.224 e. The number of fused-ring (bicyclic) bond motifs is 2. The summed E-state index contributed by atoms with van der Waals surface area (Å²) in [5.74, 6) is 1.41. The molecule has 0 aliphatic rings. The van der Waals surface area contributed by atoms with Crippen molar-refractivity contribution in [1.82, 2.24) is 19.9 Å². The summed E-state index contributed by atoms with van der Waals surface area (Å²) < 4.78 is 0. The second kappa shape index (κ2) is 7.55. The summed E-state index contributed by atoms with van der Waals surface area (Å²) in [6, 6.07) is 19.1. The highest BCUT2D eigenvalue weighted by atomic mass is 15.1. The van der Waals surface area contributed by atoms with E-state index in [-0.39, 0.29) is 0 Å². The molecule has 0 bridgehead atoms. The van der Waals surface area contributed by atoms with Gasteiger partial charge in [-0.25, -0.2) is 4.98 Å². The van der Waals surface area contributed by atoms with Gasteiger partial charge >= 0.3 is 0 Å². The van der Waals surface area contributed by atoms with E-state index in [1.807, 2.05) is 6.07 Å². The van der Waals surface area contributed by atoms with Crippen LogP contribution in [0.2, 0.25) is 0 Å². The molecule has 150 valence electrons. The molecule has 0 saturated carbocycles. The molecule has 3 heterocycles. The van der Waals surface area contributed by atoms with E-state index in [2.05, 4.69) is 92.9 Å². The van der Waals surface area contributed by atoms with Crippen molar-refractivity contribution < 1.29 is 0 Å². The maximum Gasteiger partial charge on any atom is 0.224 e. The number of aryl methyl sites for hydroxylation is 2. The molecule has 30 heavy (non-hydrogen) atoms. The van der Waals surface area contributed by atoms with Crippen LogP contribution in [0.15, 0.2) is 60.8 Å². The molecule has 4 N–H and O–H groups in total. The lowest BCUT2D eigenvalue weighted by Gasteiger charge is -2.09. The molecule has 0 saturated heterocycles. The van der Waals surface area contributed by atoms with Crippen LogP contribution < -0.4 is 10.6 Å². The summed E-state index contributed by atoms with van der Waals surface area (Å²) in [6.45, 7) is 5.53. The number of benzene rings is 2. The third-order valence-corrected chi connectivity index (χ3v) is 5.22. The highest BCUT2D eigenvalue weighted by Gasteiger charge is 2.04. The Balaban J connectivity index is 1.23. The van der Waals surface area contributed by atoms with E-state index < -0.39 is 0 Å². The number of H-pyrrole nitrogens is 2. The molecule has 0 amide bonds. The van der Waals surface area contributed by atoms with Gasteiger partial charge in [-0.3, -0.25) is 0 Å². The zero-order valence-electron chi connectivity index (χ0n) is 17.1. The zero-order valence-corrected chi connectivity index (χ0v) is 17.1. The molecule has 0 spiro atoms. The monoisotopic (exact) mass is 396 g/mol. The Labute approximate surface area is 174 Å². The van der Waals surface area contributed by atoms with Crippen LogP contribution in [0.3, 0.4) is 0 Å². The molecule has 6 nitrogen and oxygen atoms in total. The topological polar surface area (TPSA) is 81.4 Å². The third kappa shape index (κ3) is 3.85. The number of anilines is 2. The number of aromatic amines is 2. The highest BCUT2D eigenvalue weighted by molar-refractivity contribution is 5.81. The lowest BCUT2D eigenvalue weighted by atomic mass is 10.1. The first-order valence-electron chi connectivity index (χ1n) is 10.1. The maximum atomic E-state index is 4.59. The average Bonchev–Trinajstić information content (AvgIpc) is 3.30. The predicted octanol–water partition coefficient (Wildman–Crippen LogP) is 5.28. The van der Waals surface area contributed by atoms with E-state index in [1.54, 1.807) is 6.20 Å². The normalized spacial score (nSPS) is 11.3. The Kier molecular flexibility index (Phi) is 4.59. The largest absolute Gasteiger partial charge is 0.366 e. The summed E-state index contributed by atoms with van der Waals surface area (Å²) in [6.07, 6.45) is 1.77. The summed E-state index contributed by atoms with van der Waals surface area (Å²) in [5.41, 5.74) is 7.07. The Bertz CT molecular complexity index is 1230. The van der Waals surface area contributed by atoms with Gasteiger partial charge in [-0.1, -0.05) is 12.1 Å². The van der Waals surface area contributed by atoms with Crippen LogP contribution >= 0.6 is 0 Å². The Morgan fingerprint density at radius 2 is 1.33 bits per heavy atom. The molecule has 0 unspecified atom stereocenters. The molecule has 6 heteroatoms. The molecule has 5 rings (SSSR count). The highest BCUT2D eigenvalue weighted by Crippen LogP contribution is 2.19. The van der Waals surface area contributed by atoms with Gasteiger partial charge in [0.25, 0.3) is 0 Å². The first-order chi connectivity index (χ1) is 14.6. The van der Waals surface area contributed by atoms with Gasteiger partial charge in [0.05, 0.1) is 0 Å². The van der Waals surface area contributed by atoms with Gasteiger partial charge in [-0.2, -0.15) is 4.98 Å². The molecule has 0 aliphatic heterocycles. The van der Waals surface area contributed by atoms with E-state index >= 15 is 0 Å². The molecule has 0 radical (unpaired) electrons. The molecular formula is C24H24N6. The standard InChI is InChI=1S/C24H24N6/c1-15-9-19-11-17(3-5-21(19)28-15)13-26-23-7-8-25-24(30-23)27-14-18-4-6-22-20(12-18)10-16(2)29-22/h3-12,28-29H,13-14H2,1-2H3,(H2,25,26,27,30). The second-order valence-electron chi connectivity index (χ2n) is 7.72. The van der Waals surface area contributed by atoms with Gasteiger partial charge in [0.15, 0.2) is 0 Å². The number of hydrogen-bond donors (Lipinski definition) is 4. The van der Waals surface area contributed by atoms with Crippen molar-refractivity contribution in [2.75, 3.05) is 10.6 Å². The first kappa shape index (κ1) is 18.2. The van der Waals surface area contributed by atoms with Crippen molar-refractivity contribution in [3.63, 3.8) is 0 Å². The predicted molar refractivity (Wildman–Crippen MR) is 123 cm³/mol. The van der Waals surface area contributed by atoms with Gasteiger partial charge in [-0.05, 0) is 78.2 Å². The van der Waals surface area contributed by atoms with Crippen molar-refractivity contribution in [1.29, 1.82) is 0 Å². The maximum absolute atomic E-state index is 4.59. The fraction of sp³-hybridized carbons (Fsp3) is 0.167. The van der Waals surface area contributed by atoms with Crippen LogP contribution in [0.1, 0.15) is 22.5 Å². The number of rotatable bonds is 6. The fourth-order valence-electron chi connectivity index (χ4n) is 3.79. The van der Waals surface area contributed by atoms with Crippen LogP contribution in [0, 0.1) is 13.8 Å². The molecule has 5 aromatic rings. The SMILES string of the molecule is Cc1cc2cc(CNc3ccnc(NCc4ccc5[nH]c(C)cc5c4)n3)ccc2[nH]1. The minimum atomic E-state index is 0.613. The van der Waals surface area contributed by atoms with Crippen molar-refractivity contribution in [3.05, 3.63) is 83.3 Å². The van der Waals surface area contributed by atoms with Crippen molar-refractivity contribution in [2.45, 2.75) is 26.9 Å². The Morgan fingerprint density at radius 3 is 1.97 bits per heavy atom. The Morgan fingerprint density at radius 1 is 0.733 bits per heavy atom. The summed E-state index contributed by atoms with van der Waals surface area (Å²) >= 11 is 0. The van der Waals surface area contributed by atoms with Gasteiger partial charge < -0.3 is 20.6 Å². The molecule has 0 fully saturated rings. The lowest BCUT2D eigenvalue weighted by molar-refractivity contribution is 1.04. The summed E-state index contributed by atoms with van der Waals surface area (Å²) in [4.78, 5) is 15.6. The van der Waals surface area contributed by atoms with E-state index in [4.69, 9.17) is 0 Å².